The fraction of sp³-hybridized carbons (Fsp3) is 0.320. The van der Waals surface area contributed by atoms with Crippen LogP contribution in [0.4, 0.5) is 10.5 Å². The Hall–Kier alpha value is -3.56. The molecule has 35 heavy (non-hydrogen) atoms. The van der Waals surface area contributed by atoms with Crippen LogP contribution in [0.5, 0.6) is 17.2 Å². The van der Waals surface area contributed by atoms with Crippen LogP contribution in [-0.2, 0) is 4.84 Å². The van der Waals surface area contributed by atoms with E-state index in [1.54, 1.807) is 42.6 Å². The molecule has 0 aliphatic heterocycles. The van der Waals surface area contributed by atoms with Gasteiger partial charge >= 0.3 is 6.03 Å². The van der Waals surface area contributed by atoms with E-state index in [9.17, 15) is 9.59 Å². The Morgan fingerprint density at radius 2 is 1.86 bits per heavy atom. The number of methoxy groups -OCH3 is 1. The molecule has 1 aliphatic carbocycles. The van der Waals surface area contributed by atoms with Crippen molar-refractivity contribution in [2.24, 2.45) is 0 Å². The summed E-state index contributed by atoms with van der Waals surface area (Å²) in [5.41, 5.74) is 3.21. The number of fused-ring (bicyclic) bond motifs is 1. The maximum absolute atomic E-state index is 12.8. The van der Waals surface area contributed by atoms with Crippen molar-refractivity contribution in [3.63, 3.8) is 0 Å². The number of hydrogen-bond acceptors (Lipinski definition) is 6. The molecular weight excluding hydrogens is 472 g/mol. The molecule has 2 aromatic carbocycles. The Balaban J connectivity index is 1.58. The first-order chi connectivity index (χ1) is 16.6. The molecule has 3 amide bonds. The highest BCUT2D eigenvalue weighted by atomic mass is 35.5. The third-order valence-electron chi connectivity index (χ3n) is 5.05. The molecular formula is C25H27ClN4O5. The maximum Gasteiger partial charge on any atom is 0.319 e. The quantitative estimate of drug-likeness (QED) is 0.374. The van der Waals surface area contributed by atoms with Crippen molar-refractivity contribution < 1.29 is 23.9 Å². The van der Waals surface area contributed by atoms with E-state index in [1.807, 2.05) is 20.8 Å². The molecule has 1 aliphatic rings. The number of hydrogen-bond donors (Lipinski definition) is 3. The smallest absolute Gasteiger partial charge is 0.319 e. The van der Waals surface area contributed by atoms with Gasteiger partial charge in [-0.2, -0.15) is 0 Å². The Labute approximate surface area is 208 Å². The monoisotopic (exact) mass is 498 g/mol. The van der Waals surface area contributed by atoms with Crippen LogP contribution in [0.2, 0.25) is 5.02 Å². The molecule has 1 heterocycles. The minimum absolute atomic E-state index is 0.238. The van der Waals surface area contributed by atoms with E-state index >= 15 is 0 Å². The van der Waals surface area contributed by atoms with Gasteiger partial charge in [0.05, 0.1) is 34.5 Å². The summed E-state index contributed by atoms with van der Waals surface area (Å²) < 4.78 is 11.5. The molecule has 184 valence electrons. The van der Waals surface area contributed by atoms with Gasteiger partial charge in [-0.25, -0.2) is 10.3 Å². The molecule has 0 unspecified atom stereocenters. The number of ether oxygens (including phenoxy) is 2. The second kappa shape index (κ2) is 9.97. The van der Waals surface area contributed by atoms with Crippen LogP contribution >= 0.6 is 11.6 Å². The highest BCUT2D eigenvalue weighted by molar-refractivity contribution is 6.33. The number of urea groups is 1. The zero-order valence-electron chi connectivity index (χ0n) is 19.9. The van der Waals surface area contributed by atoms with Gasteiger partial charge in [0.2, 0.25) is 0 Å². The highest BCUT2D eigenvalue weighted by Crippen LogP contribution is 2.35. The predicted octanol–water partition coefficient (Wildman–Crippen LogP) is 5.43. The molecule has 9 nitrogen and oxygen atoms in total. The van der Waals surface area contributed by atoms with Crippen molar-refractivity contribution in [1.29, 1.82) is 0 Å². The van der Waals surface area contributed by atoms with E-state index < -0.39 is 11.5 Å². The van der Waals surface area contributed by atoms with Crippen molar-refractivity contribution in [2.75, 3.05) is 12.4 Å². The van der Waals surface area contributed by atoms with Crippen LogP contribution in [0.3, 0.4) is 0 Å². The second-order valence-electron chi connectivity index (χ2n) is 9.14. The molecule has 1 aromatic heterocycles. The summed E-state index contributed by atoms with van der Waals surface area (Å²) in [6.07, 6.45) is 3.58. The third kappa shape index (κ3) is 6.32. The van der Waals surface area contributed by atoms with E-state index in [1.165, 1.54) is 7.11 Å². The molecule has 3 aromatic rings. The van der Waals surface area contributed by atoms with Crippen molar-refractivity contribution in [3.05, 3.63) is 53.2 Å². The Morgan fingerprint density at radius 3 is 2.51 bits per heavy atom. The van der Waals surface area contributed by atoms with Crippen LogP contribution in [0, 0.1) is 0 Å². The van der Waals surface area contributed by atoms with Gasteiger partial charge in [-0.05, 0) is 57.9 Å². The van der Waals surface area contributed by atoms with Gasteiger partial charge in [-0.3, -0.25) is 14.6 Å². The predicted molar refractivity (Wildman–Crippen MR) is 133 cm³/mol. The van der Waals surface area contributed by atoms with Crippen LogP contribution in [0.25, 0.3) is 10.9 Å². The lowest BCUT2D eigenvalue weighted by Gasteiger charge is -2.19. The van der Waals surface area contributed by atoms with E-state index in [2.05, 4.69) is 21.1 Å². The molecule has 0 atom stereocenters. The standard InChI is InChI=1S/C25H27ClN4O5/c1-25(2,3)35-30-23(31)17-12-16-20(13-22(17)33-4)27-10-9-21(16)34-15-7-8-19(18(26)11-15)29-24(32)28-14-5-6-14/h7-14H,5-6H2,1-4H3,(H,30,31)(H2,28,29,32). The Kier molecular flexibility index (Phi) is 7.00. The van der Waals surface area contributed by atoms with Crippen molar-refractivity contribution in [1.82, 2.24) is 15.8 Å². The van der Waals surface area contributed by atoms with Gasteiger partial charge in [0, 0.05) is 29.8 Å². The Morgan fingerprint density at radius 1 is 1.09 bits per heavy atom. The summed E-state index contributed by atoms with van der Waals surface area (Å²) in [7, 11) is 1.48. The topological polar surface area (TPSA) is 111 Å². The van der Waals surface area contributed by atoms with Gasteiger partial charge in [-0.15, -0.1) is 0 Å². The molecule has 0 spiro atoms. The van der Waals surface area contributed by atoms with Gasteiger partial charge in [0.1, 0.15) is 17.2 Å². The average Bonchev–Trinajstić information content (AvgIpc) is 3.62. The van der Waals surface area contributed by atoms with Gasteiger partial charge in [-0.1, -0.05) is 11.6 Å². The lowest BCUT2D eigenvalue weighted by molar-refractivity contribution is -0.0590. The zero-order chi connectivity index (χ0) is 25.2. The number of aromatic nitrogens is 1. The number of amides is 3. The third-order valence-corrected chi connectivity index (χ3v) is 5.36. The van der Waals surface area contributed by atoms with Crippen LogP contribution in [-0.4, -0.2) is 35.7 Å². The van der Waals surface area contributed by atoms with Gasteiger partial charge < -0.3 is 20.1 Å². The SMILES string of the molecule is COc1cc2nccc(Oc3ccc(NC(=O)NC4CC4)c(Cl)c3)c2cc1C(=O)NOC(C)(C)C. The summed E-state index contributed by atoms with van der Waals surface area (Å²) >= 11 is 6.37. The average molecular weight is 499 g/mol. The normalized spacial score (nSPS) is 13.3. The number of pyridine rings is 1. The summed E-state index contributed by atoms with van der Waals surface area (Å²) in [5.74, 6) is 0.803. The second-order valence-corrected chi connectivity index (χ2v) is 9.55. The Bertz CT molecular complexity index is 1270. The van der Waals surface area contributed by atoms with Crippen LogP contribution in [0.1, 0.15) is 44.0 Å². The minimum Gasteiger partial charge on any atom is -0.496 e. The van der Waals surface area contributed by atoms with Crippen LogP contribution < -0.4 is 25.6 Å². The first-order valence-corrected chi connectivity index (χ1v) is 11.5. The first-order valence-electron chi connectivity index (χ1n) is 11.1. The number of carbonyl (C=O) groups is 2. The molecule has 0 radical (unpaired) electrons. The summed E-state index contributed by atoms with van der Waals surface area (Å²) in [5, 5.41) is 6.51. The lowest BCUT2D eigenvalue weighted by Crippen LogP contribution is -2.33. The summed E-state index contributed by atoms with van der Waals surface area (Å²) in [6, 6.07) is 9.89. The lowest BCUT2D eigenvalue weighted by atomic mass is 10.1. The van der Waals surface area contributed by atoms with E-state index in [4.69, 9.17) is 25.9 Å². The fourth-order valence-electron chi connectivity index (χ4n) is 3.20. The molecule has 4 rings (SSSR count). The van der Waals surface area contributed by atoms with E-state index in [0.29, 0.717) is 38.9 Å². The van der Waals surface area contributed by atoms with E-state index in [0.717, 1.165) is 12.8 Å². The number of halogens is 1. The molecule has 0 saturated heterocycles. The fourth-order valence-corrected chi connectivity index (χ4v) is 3.41. The number of carbonyl (C=O) groups excluding carboxylic acids is 2. The number of anilines is 1. The van der Waals surface area contributed by atoms with Gasteiger partial charge in [0.25, 0.3) is 5.91 Å². The van der Waals surface area contributed by atoms with Gasteiger partial charge in [0.15, 0.2) is 0 Å². The number of benzene rings is 2. The maximum atomic E-state index is 12.8. The number of nitrogens with zero attached hydrogens (tertiary/aromatic N) is 1. The molecule has 1 fully saturated rings. The molecule has 0 bridgehead atoms. The molecule has 1 saturated carbocycles. The van der Waals surface area contributed by atoms with Crippen LogP contribution in [0.15, 0.2) is 42.6 Å². The highest BCUT2D eigenvalue weighted by Gasteiger charge is 2.23. The van der Waals surface area contributed by atoms with Crippen molar-refractivity contribution in [3.8, 4) is 17.2 Å². The summed E-state index contributed by atoms with van der Waals surface area (Å²) in [6.45, 7) is 5.48. The molecule has 3 N–H and O–H groups in total. The van der Waals surface area contributed by atoms with Crippen molar-refractivity contribution >= 4 is 40.1 Å². The minimum atomic E-state index is -0.561. The number of nitrogens with one attached hydrogen (secondary N) is 3. The number of rotatable bonds is 7. The summed E-state index contributed by atoms with van der Waals surface area (Å²) in [4.78, 5) is 34.6. The van der Waals surface area contributed by atoms with E-state index in [-0.39, 0.29) is 17.6 Å². The van der Waals surface area contributed by atoms with Crippen molar-refractivity contribution in [2.45, 2.75) is 45.3 Å². The largest absolute Gasteiger partial charge is 0.496 e. The first kappa shape index (κ1) is 24.6. The molecule has 10 heteroatoms. The zero-order valence-corrected chi connectivity index (χ0v) is 20.7. The number of hydroxylamine groups is 1.